The maximum absolute atomic E-state index is 11.3. The quantitative estimate of drug-likeness (QED) is 0.0714. The maximum atomic E-state index is 11.3. The number of hydrogen-bond donors (Lipinski definition) is 0. The molecule has 0 aliphatic heterocycles. The van der Waals surface area contributed by atoms with Crippen LogP contribution in [0.25, 0.3) is 0 Å². The zero-order valence-corrected chi connectivity index (χ0v) is 19.7. The van der Waals surface area contributed by atoms with Crippen LogP contribution in [0.4, 0.5) is 0 Å². The summed E-state index contributed by atoms with van der Waals surface area (Å²) in [6.45, 7) is 2.91. The Morgan fingerprint density at radius 1 is 0.615 bits per heavy atom. The van der Waals surface area contributed by atoms with Crippen molar-refractivity contribution in [2.45, 2.75) is 129 Å². The Balaban J connectivity index is 3.04. The van der Waals surface area contributed by atoms with Crippen LogP contribution >= 0.6 is 22.6 Å². The van der Waals surface area contributed by atoms with Crippen LogP contribution in [0.2, 0.25) is 0 Å². The molecule has 2 nitrogen and oxygen atoms in total. The topological polar surface area (TPSA) is 26.3 Å². The van der Waals surface area contributed by atoms with Crippen LogP contribution in [0, 0.1) is 0 Å². The highest BCUT2D eigenvalue weighted by atomic mass is 127. The van der Waals surface area contributed by atoms with Crippen molar-refractivity contribution in [3.05, 3.63) is 0 Å². The van der Waals surface area contributed by atoms with Gasteiger partial charge in [0.05, 0.1) is 6.61 Å². The molecule has 0 aromatic carbocycles. The molecule has 0 unspecified atom stereocenters. The molecule has 26 heavy (non-hydrogen) atoms. The van der Waals surface area contributed by atoms with Gasteiger partial charge in [0.1, 0.15) is 0 Å². The monoisotopic (exact) mass is 480 g/mol. The number of unbranched alkanes of at least 4 members (excludes halogenated alkanes) is 16. The van der Waals surface area contributed by atoms with Crippen LogP contribution in [0.15, 0.2) is 0 Å². The summed E-state index contributed by atoms with van der Waals surface area (Å²) >= 11 is 2.30. The molecule has 3 heteroatoms. The van der Waals surface area contributed by atoms with Crippen molar-refractivity contribution < 1.29 is 9.53 Å². The van der Waals surface area contributed by atoms with E-state index in [4.69, 9.17) is 4.74 Å². The molecule has 0 aromatic rings. The SMILES string of the molecule is CCCCCCCCCCCCCCCCCCCOC(=O)CCCI. The Morgan fingerprint density at radius 2 is 1.00 bits per heavy atom. The average Bonchev–Trinajstić information content (AvgIpc) is 2.65. The van der Waals surface area contributed by atoms with Crippen molar-refractivity contribution in [1.82, 2.24) is 0 Å². The van der Waals surface area contributed by atoms with Crippen molar-refractivity contribution in [2.24, 2.45) is 0 Å². The van der Waals surface area contributed by atoms with Gasteiger partial charge >= 0.3 is 5.97 Å². The fourth-order valence-electron chi connectivity index (χ4n) is 3.30. The smallest absolute Gasteiger partial charge is 0.305 e. The van der Waals surface area contributed by atoms with E-state index in [2.05, 4.69) is 29.5 Å². The molecule has 0 aliphatic rings. The number of halogens is 1. The molecule has 0 N–H and O–H groups in total. The minimum Gasteiger partial charge on any atom is -0.466 e. The van der Waals surface area contributed by atoms with Gasteiger partial charge < -0.3 is 4.74 Å². The molecule has 0 fully saturated rings. The van der Waals surface area contributed by atoms with Gasteiger partial charge in [0.2, 0.25) is 0 Å². The first-order valence-electron chi connectivity index (χ1n) is 11.5. The number of alkyl halides is 1. The number of esters is 1. The van der Waals surface area contributed by atoms with Gasteiger partial charge in [0.15, 0.2) is 0 Å². The number of carbonyl (C=O) groups excluding carboxylic acids is 1. The highest BCUT2D eigenvalue weighted by Crippen LogP contribution is 2.14. The third kappa shape index (κ3) is 22.2. The van der Waals surface area contributed by atoms with Gasteiger partial charge in [0.25, 0.3) is 0 Å². The third-order valence-corrected chi connectivity index (χ3v) is 5.79. The average molecular weight is 481 g/mol. The molecule has 156 valence electrons. The Morgan fingerprint density at radius 3 is 1.38 bits per heavy atom. The van der Waals surface area contributed by atoms with Gasteiger partial charge in [-0.1, -0.05) is 132 Å². The molecule has 0 radical (unpaired) electrons. The first-order valence-corrected chi connectivity index (χ1v) is 13.1. The summed E-state index contributed by atoms with van der Waals surface area (Å²) in [7, 11) is 0. The van der Waals surface area contributed by atoms with Crippen LogP contribution in [-0.4, -0.2) is 17.0 Å². The van der Waals surface area contributed by atoms with E-state index in [0.717, 1.165) is 17.3 Å². The van der Waals surface area contributed by atoms with Gasteiger partial charge in [-0.15, -0.1) is 0 Å². The predicted octanol–water partition coefficient (Wildman–Crippen LogP) is 8.40. The summed E-state index contributed by atoms with van der Waals surface area (Å²) in [4.78, 5) is 11.3. The van der Waals surface area contributed by atoms with E-state index in [-0.39, 0.29) is 5.97 Å². The van der Waals surface area contributed by atoms with Gasteiger partial charge in [-0.05, 0) is 12.8 Å². The standard InChI is InChI=1S/C23H45IO2/c1-2-3-4-5-6-7-8-9-10-11-12-13-14-15-16-17-18-22-26-23(25)20-19-21-24/h2-22H2,1H3. The predicted molar refractivity (Wildman–Crippen MR) is 123 cm³/mol. The van der Waals surface area contributed by atoms with Gasteiger partial charge in [-0.3, -0.25) is 4.79 Å². The molecular weight excluding hydrogens is 435 g/mol. The Bertz CT molecular complexity index is 281. The normalized spacial score (nSPS) is 11.0. The highest BCUT2D eigenvalue weighted by Gasteiger charge is 2.01. The van der Waals surface area contributed by atoms with E-state index in [1.165, 1.54) is 103 Å². The zero-order chi connectivity index (χ0) is 19.1. The second-order valence-corrected chi connectivity index (χ2v) is 8.75. The van der Waals surface area contributed by atoms with Gasteiger partial charge in [0, 0.05) is 10.8 Å². The second-order valence-electron chi connectivity index (χ2n) is 7.67. The van der Waals surface area contributed by atoms with Crippen molar-refractivity contribution in [3.63, 3.8) is 0 Å². The number of hydrogen-bond acceptors (Lipinski definition) is 2. The van der Waals surface area contributed by atoms with E-state index in [1.807, 2.05) is 0 Å². The molecule has 0 atom stereocenters. The molecule has 0 saturated heterocycles. The summed E-state index contributed by atoms with van der Waals surface area (Å²) in [6, 6.07) is 0. The summed E-state index contributed by atoms with van der Waals surface area (Å²) in [5.74, 6) is -0.0156. The fourth-order valence-corrected chi connectivity index (χ4v) is 3.68. The molecule has 0 aliphatic carbocycles. The number of ether oxygens (including phenoxy) is 1. The molecule has 0 rings (SSSR count). The molecule has 0 bridgehead atoms. The van der Waals surface area contributed by atoms with Crippen molar-refractivity contribution in [1.29, 1.82) is 0 Å². The molecule has 0 aromatic heterocycles. The summed E-state index contributed by atoms with van der Waals surface area (Å²) in [6.07, 6.45) is 25.0. The van der Waals surface area contributed by atoms with E-state index in [9.17, 15) is 4.79 Å². The lowest BCUT2D eigenvalue weighted by atomic mass is 10.0. The Hall–Kier alpha value is 0.200. The first kappa shape index (κ1) is 26.2. The molecule has 0 heterocycles. The van der Waals surface area contributed by atoms with E-state index < -0.39 is 0 Å². The van der Waals surface area contributed by atoms with Crippen LogP contribution in [0.3, 0.4) is 0 Å². The van der Waals surface area contributed by atoms with Crippen molar-refractivity contribution in [3.8, 4) is 0 Å². The summed E-state index contributed by atoms with van der Waals surface area (Å²) in [5, 5.41) is 0. The molecular formula is C23H45IO2. The molecule has 0 saturated carbocycles. The highest BCUT2D eigenvalue weighted by molar-refractivity contribution is 14.1. The van der Waals surface area contributed by atoms with Crippen molar-refractivity contribution >= 4 is 28.6 Å². The first-order chi connectivity index (χ1) is 12.8. The minimum atomic E-state index is -0.0156. The third-order valence-electron chi connectivity index (χ3n) is 5.03. The number of rotatable bonds is 21. The number of carbonyl (C=O) groups is 1. The van der Waals surface area contributed by atoms with Crippen LogP contribution in [0.1, 0.15) is 129 Å². The van der Waals surface area contributed by atoms with Gasteiger partial charge in [-0.2, -0.15) is 0 Å². The van der Waals surface area contributed by atoms with E-state index >= 15 is 0 Å². The van der Waals surface area contributed by atoms with Crippen LogP contribution in [-0.2, 0) is 9.53 Å². The zero-order valence-electron chi connectivity index (χ0n) is 17.5. The van der Waals surface area contributed by atoms with Crippen molar-refractivity contribution in [2.75, 3.05) is 11.0 Å². The van der Waals surface area contributed by atoms with Crippen LogP contribution in [0.5, 0.6) is 0 Å². The lowest BCUT2D eigenvalue weighted by Gasteiger charge is -2.05. The minimum absolute atomic E-state index is 0.0156. The Kier molecular flexibility index (Phi) is 23.4. The van der Waals surface area contributed by atoms with Gasteiger partial charge in [-0.25, -0.2) is 0 Å². The fraction of sp³-hybridized carbons (Fsp3) is 0.957. The van der Waals surface area contributed by atoms with E-state index in [1.54, 1.807) is 0 Å². The van der Waals surface area contributed by atoms with E-state index in [0.29, 0.717) is 13.0 Å². The Labute approximate surface area is 177 Å². The van der Waals surface area contributed by atoms with Crippen LogP contribution < -0.4 is 0 Å². The second kappa shape index (κ2) is 23.2. The maximum Gasteiger partial charge on any atom is 0.305 e. The summed E-state index contributed by atoms with van der Waals surface area (Å²) < 4.78 is 6.26. The molecule has 0 spiro atoms. The largest absolute Gasteiger partial charge is 0.466 e. The lowest BCUT2D eigenvalue weighted by Crippen LogP contribution is -2.05. The summed E-state index contributed by atoms with van der Waals surface area (Å²) in [5.41, 5.74) is 0. The lowest BCUT2D eigenvalue weighted by molar-refractivity contribution is -0.143. The molecule has 0 amide bonds.